The largest absolute Gasteiger partial charge is 0.418 e. The lowest BCUT2D eigenvalue weighted by molar-refractivity contribution is -0.136. The van der Waals surface area contributed by atoms with Crippen molar-refractivity contribution in [3.05, 3.63) is 99.5 Å². The third-order valence-electron chi connectivity index (χ3n) is 4.09. The Balaban J connectivity index is 1.81. The summed E-state index contributed by atoms with van der Waals surface area (Å²) in [6.07, 6.45) is -3.31. The van der Waals surface area contributed by atoms with E-state index in [0.717, 1.165) is 28.0 Å². The van der Waals surface area contributed by atoms with Gasteiger partial charge in [0.05, 0.1) is 11.3 Å². The minimum absolute atomic E-state index is 0.0869. The maximum Gasteiger partial charge on any atom is 0.418 e. The van der Waals surface area contributed by atoms with Gasteiger partial charge in [-0.25, -0.2) is 0 Å². The molecule has 0 saturated carbocycles. The number of hydrogen-bond donors (Lipinski definition) is 1. The summed E-state index contributed by atoms with van der Waals surface area (Å²) in [6.45, 7) is 2.00. The third-order valence-corrected chi connectivity index (χ3v) is 4.09. The van der Waals surface area contributed by atoms with E-state index < -0.39 is 28.9 Å². The van der Waals surface area contributed by atoms with E-state index in [-0.39, 0.29) is 12.2 Å². The first-order chi connectivity index (χ1) is 13.8. The van der Waals surface area contributed by atoms with Crippen molar-refractivity contribution in [3.8, 4) is 0 Å². The van der Waals surface area contributed by atoms with Gasteiger partial charge in [0.25, 0.3) is 11.5 Å². The molecule has 3 aromatic rings. The van der Waals surface area contributed by atoms with E-state index in [4.69, 9.17) is 4.84 Å². The SMILES string of the molecule is Cc1cccc(COn2cccc(C(=O)Nc3ccccc3C(F)(F)F)c2=O)c1. The number of aryl methyl sites for hydroxylation is 1. The highest BCUT2D eigenvalue weighted by Gasteiger charge is 2.33. The van der Waals surface area contributed by atoms with Crippen LogP contribution >= 0.6 is 0 Å². The van der Waals surface area contributed by atoms with E-state index >= 15 is 0 Å². The normalized spacial score (nSPS) is 11.2. The monoisotopic (exact) mass is 402 g/mol. The Bertz CT molecular complexity index is 1090. The lowest BCUT2D eigenvalue weighted by atomic mass is 10.1. The van der Waals surface area contributed by atoms with Gasteiger partial charge in [-0.1, -0.05) is 42.0 Å². The van der Waals surface area contributed by atoms with Crippen molar-refractivity contribution >= 4 is 11.6 Å². The number of alkyl halides is 3. The lowest BCUT2D eigenvalue weighted by Gasteiger charge is -2.14. The fourth-order valence-corrected chi connectivity index (χ4v) is 2.72. The number of pyridine rings is 1. The van der Waals surface area contributed by atoms with Crippen LogP contribution in [0.3, 0.4) is 0 Å². The van der Waals surface area contributed by atoms with Crippen molar-refractivity contribution in [2.45, 2.75) is 19.7 Å². The number of carbonyl (C=O) groups is 1. The predicted octanol–water partition coefficient (Wildman–Crippen LogP) is 4.06. The molecule has 29 heavy (non-hydrogen) atoms. The van der Waals surface area contributed by atoms with Crippen LogP contribution in [0.5, 0.6) is 0 Å². The van der Waals surface area contributed by atoms with Crippen LogP contribution in [0.4, 0.5) is 18.9 Å². The topological polar surface area (TPSA) is 60.3 Å². The van der Waals surface area contributed by atoms with E-state index in [1.54, 1.807) is 0 Å². The molecular weight excluding hydrogens is 385 g/mol. The minimum Gasteiger partial charge on any atom is -0.406 e. The zero-order valence-electron chi connectivity index (χ0n) is 15.4. The van der Waals surface area contributed by atoms with Gasteiger partial charge in [-0.2, -0.15) is 17.9 Å². The molecule has 1 aromatic heterocycles. The van der Waals surface area contributed by atoms with Gasteiger partial charge in [-0.05, 0) is 36.8 Å². The highest BCUT2D eigenvalue weighted by atomic mass is 19.4. The molecule has 5 nitrogen and oxygen atoms in total. The molecule has 1 heterocycles. The van der Waals surface area contributed by atoms with E-state index in [0.29, 0.717) is 0 Å². The van der Waals surface area contributed by atoms with Gasteiger partial charge in [0, 0.05) is 6.20 Å². The molecule has 1 amide bonds. The predicted molar refractivity (Wildman–Crippen MR) is 102 cm³/mol. The summed E-state index contributed by atoms with van der Waals surface area (Å²) in [6, 6.07) is 14.6. The number of para-hydroxylation sites is 1. The molecule has 0 aliphatic carbocycles. The Kier molecular flexibility index (Phi) is 5.72. The summed E-state index contributed by atoms with van der Waals surface area (Å²) in [5, 5.41) is 2.15. The minimum atomic E-state index is -4.64. The summed E-state index contributed by atoms with van der Waals surface area (Å²) in [7, 11) is 0. The van der Waals surface area contributed by atoms with Gasteiger partial charge < -0.3 is 10.2 Å². The Hall–Kier alpha value is -3.55. The van der Waals surface area contributed by atoms with Crippen LogP contribution in [0.2, 0.25) is 0 Å². The molecule has 0 radical (unpaired) electrons. The second kappa shape index (κ2) is 8.22. The van der Waals surface area contributed by atoms with Crippen molar-refractivity contribution in [3.63, 3.8) is 0 Å². The number of nitrogens with one attached hydrogen (secondary N) is 1. The van der Waals surface area contributed by atoms with Crippen LogP contribution in [0, 0.1) is 6.92 Å². The molecule has 150 valence electrons. The number of aromatic nitrogens is 1. The summed E-state index contributed by atoms with van der Waals surface area (Å²) in [4.78, 5) is 30.4. The molecule has 3 rings (SSSR count). The molecule has 8 heteroatoms. The van der Waals surface area contributed by atoms with Crippen molar-refractivity contribution in [2.75, 3.05) is 5.32 Å². The molecule has 0 saturated heterocycles. The molecule has 0 atom stereocenters. The standard InChI is InChI=1S/C21H17F3N2O3/c1-14-6-4-7-15(12-14)13-29-26-11-5-8-16(20(26)28)19(27)25-18-10-3-2-9-17(18)21(22,23)24/h2-12H,13H2,1H3,(H,25,27). The Morgan fingerprint density at radius 2 is 1.83 bits per heavy atom. The average molecular weight is 402 g/mol. The molecule has 0 spiro atoms. The lowest BCUT2D eigenvalue weighted by Crippen LogP contribution is -2.32. The molecule has 1 N–H and O–H groups in total. The summed E-state index contributed by atoms with van der Waals surface area (Å²) in [5.74, 6) is -0.958. The number of benzene rings is 2. The van der Waals surface area contributed by atoms with Crippen LogP contribution in [-0.2, 0) is 12.8 Å². The quantitative estimate of drug-likeness (QED) is 0.700. The van der Waals surface area contributed by atoms with Crippen molar-refractivity contribution in [2.24, 2.45) is 0 Å². The Morgan fingerprint density at radius 1 is 1.07 bits per heavy atom. The number of anilines is 1. The first kappa shape index (κ1) is 20.2. The molecule has 0 unspecified atom stereocenters. The van der Waals surface area contributed by atoms with E-state index in [9.17, 15) is 22.8 Å². The van der Waals surface area contributed by atoms with Crippen LogP contribution in [0.15, 0.2) is 71.7 Å². The summed E-state index contributed by atoms with van der Waals surface area (Å²) < 4.78 is 40.2. The number of halogens is 3. The highest BCUT2D eigenvalue weighted by molar-refractivity contribution is 6.04. The van der Waals surface area contributed by atoms with Gasteiger partial charge in [-0.3, -0.25) is 9.59 Å². The van der Waals surface area contributed by atoms with Crippen LogP contribution in [0.1, 0.15) is 27.0 Å². The van der Waals surface area contributed by atoms with Crippen LogP contribution in [-0.4, -0.2) is 10.6 Å². The van der Waals surface area contributed by atoms with E-state index in [1.807, 2.05) is 31.2 Å². The van der Waals surface area contributed by atoms with Crippen molar-refractivity contribution < 1.29 is 22.8 Å². The van der Waals surface area contributed by atoms with E-state index in [1.165, 1.54) is 30.5 Å². The fourth-order valence-electron chi connectivity index (χ4n) is 2.72. The molecule has 0 aliphatic rings. The van der Waals surface area contributed by atoms with Gasteiger partial charge >= 0.3 is 6.18 Å². The number of amides is 1. The number of carbonyl (C=O) groups excluding carboxylic acids is 1. The first-order valence-corrected chi connectivity index (χ1v) is 8.64. The zero-order valence-corrected chi connectivity index (χ0v) is 15.4. The number of rotatable bonds is 5. The molecular formula is C21H17F3N2O3. The van der Waals surface area contributed by atoms with Gasteiger partial charge in [0.15, 0.2) is 0 Å². The zero-order chi connectivity index (χ0) is 21.0. The Morgan fingerprint density at radius 3 is 2.55 bits per heavy atom. The first-order valence-electron chi connectivity index (χ1n) is 8.64. The Labute approximate surface area is 164 Å². The number of hydrogen-bond acceptors (Lipinski definition) is 3. The van der Waals surface area contributed by atoms with E-state index in [2.05, 4.69) is 5.32 Å². The fraction of sp³-hybridized carbons (Fsp3) is 0.143. The number of nitrogens with zero attached hydrogens (tertiary/aromatic N) is 1. The maximum atomic E-state index is 13.1. The van der Waals surface area contributed by atoms with Crippen molar-refractivity contribution in [1.29, 1.82) is 0 Å². The summed E-state index contributed by atoms with van der Waals surface area (Å²) >= 11 is 0. The van der Waals surface area contributed by atoms with Gasteiger partial charge in [0.1, 0.15) is 12.2 Å². The maximum absolute atomic E-state index is 13.1. The van der Waals surface area contributed by atoms with Gasteiger partial charge in [0.2, 0.25) is 0 Å². The molecule has 0 aliphatic heterocycles. The van der Waals surface area contributed by atoms with Crippen molar-refractivity contribution in [1.82, 2.24) is 4.73 Å². The molecule has 2 aromatic carbocycles. The van der Waals surface area contributed by atoms with Gasteiger partial charge in [-0.15, -0.1) is 0 Å². The second-order valence-corrected chi connectivity index (χ2v) is 6.31. The van der Waals surface area contributed by atoms with Crippen LogP contribution < -0.4 is 15.7 Å². The smallest absolute Gasteiger partial charge is 0.406 e. The second-order valence-electron chi connectivity index (χ2n) is 6.31. The summed E-state index contributed by atoms with van der Waals surface area (Å²) in [5.41, 5.74) is -0.697. The van der Waals surface area contributed by atoms with Crippen LogP contribution in [0.25, 0.3) is 0 Å². The molecule has 0 bridgehead atoms. The molecule has 0 fully saturated rings. The third kappa shape index (κ3) is 4.84. The average Bonchev–Trinajstić information content (AvgIpc) is 2.67. The highest BCUT2D eigenvalue weighted by Crippen LogP contribution is 2.34.